The van der Waals surface area contributed by atoms with Crippen molar-refractivity contribution < 1.29 is 4.21 Å². The van der Waals surface area contributed by atoms with E-state index in [9.17, 15) is 4.21 Å². The lowest BCUT2D eigenvalue weighted by Crippen LogP contribution is -2.08. The van der Waals surface area contributed by atoms with Crippen molar-refractivity contribution >= 4 is 16.5 Å². The van der Waals surface area contributed by atoms with Crippen LogP contribution in [0.4, 0.5) is 5.69 Å². The predicted molar refractivity (Wildman–Crippen MR) is 53.1 cm³/mol. The van der Waals surface area contributed by atoms with Crippen molar-refractivity contribution in [2.45, 2.75) is 4.90 Å². The smallest absolute Gasteiger partial charge is 0.0498 e. The lowest BCUT2D eigenvalue weighted by atomic mass is 10.3. The summed E-state index contributed by atoms with van der Waals surface area (Å²) in [5.74, 6) is 0. The maximum atomic E-state index is 11.0. The Labute approximate surface area is 75.7 Å². The molecule has 2 nitrogen and oxygen atoms in total. The van der Waals surface area contributed by atoms with E-state index in [1.54, 1.807) is 6.26 Å². The Bertz CT molecular complexity index is 279. The molecule has 0 saturated heterocycles. The van der Waals surface area contributed by atoms with E-state index in [0.717, 1.165) is 10.6 Å². The molecule has 0 aliphatic rings. The van der Waals surface area contributed by atoms with Gasteiger partial charge in [-0.1, -0.05) is 0 Å². The van der Waals surface area contributed by atoms with Crippen molar-refractivity contribution in [3.05, 3.63) is 24.3 Å². The van der Waals surface area contributed by atoms with Gasteiger partial charge in [-0.05, 0) is 24.3 Å². The molecule has 0 bridgehead atoms. The first-order valence-corrected chi connectivity index (χ1v) is 5.28. The molecule has 0 fully saturated rings. The molecule has 0 aliphatic heterocycles. The van der Waals surface area contributed by atoms with Gasteiger partial charge in [0, 0.05) is 41.7 Å². The number of hydrogen-bond acceptors (Lipinski definition) is 2. The molecule has 0 N–H and O–H groups in total. The molecule has 1 atom stereocenters. The first-order chi connectivity index (χ1) is 5.61. The van der Waals surface area contributed by atoms with Crippen LogP contribution in [0.5, 0.6) is 0 Å². The fourth-order valence-corrected chi connectivity index (χ4v) is 1.46. The Balaban J connectivity index is 2.93. The second-order valence-corrected chi connectivity index (χ2v) is 4.22. The number of nitrogens with zero attached hydrogens (tertiary/aromatic N) is 1. The third-order valence-corrected chi connectivity index (χ3v) is 2.62. The summed E-state index contributed by atoms with van der Waals surface area (Å²) >= 11 is 0. The van der Waals surface area contributed by atoms with E-state index in [1.807, 2.05) is 43.3 Å². The van der Waals surface area contributed by atoms with Crippen LogP contribution in [0.25, 0.3) is 0 Å². The first-order valence-electron chi connectivity index (χ1n) is 3.72. The summed E-state index contributed by atoms with van der Waals surface area (Å²) in [6.45, 7) is 0. The Morgan fingerprint density at radius 1 is 1.17 bits per heavy atom. The van der Waals surface area contributed by atoms with Gasteiger partial charge in [0.05, 0.1) is 0 Å². The van der Waals surface area contributed by atoms with Crippen molar-refractivity contribution in [2.24, 2.45) is 0 Å². The zero-order chi connectivity index (χ0) is 9.14. The molecule has 3 heteroatoms. The summed E-state index contributed by atoms with van der Waals surface area (Å²) in [7, 11) is 3.10. The number of anilines is 1. The number of hydrogen-bond donors (Lipinski definition) is 0. The van der Waals surface area contributed by atoms with Crippen LogP contribution in [0.3, 0.4) is 0 Å². The summed E-state index contributed by atoms with van der Waals surface area (Å²) in [4.78, 5) is 2.89. The van der Waals surface area contributed by atoms with Gasteiger partial charge in [0.15, 0.2) is 0 Å². The van der Waals surface area contributed by atoms with E-state index in [0.29, 0.717) is 0 Å². The number of benzene rings is 1. The van der Waals surface area contributed by atoms with E-state index >= 15 is 0 Å². The third kappa shape index (κ3) is 2.08. The van der Waals surface area contributed by atoms with Crippen LogP contribution < -0.4 is 4.90 Å². The fourth-order valence-electron chi connectivity index (χ4n) is 0.936. The van der Waals surface area contributed by atoms with Crippen LogP contribution in [-0.2, 0) is 10.8 Å². The highest BCUT2D eigenvalue weighted by molar-refractivity contribution is 7.84. The van der Waals surface area contributed by atoms with Crippen LogP contribution in [-0.4, -0.2) is 24.6 Å². The minimum atomic E-state index is -0.869. The van der Waals surface area contributed by atoms with Crippen LogP contribution in [0.15, 0.2) is 29.2 Å². The van der Waals surface area contributed by atoms with Crippen LogP contribution >= 0.6 is 0 Å². The summed E-state index contributed by atoms with van der Waals surface area (Å²) in [6.07, 6.45) is 1.69. The van der Waals surface area contributed by atoms with E-state index in [-0.39, 0.29) is 0 Å². The van der Waals surface area contributed by atoms with Gasteiger partial charge in [-0.3, -0.25) is 4.21 Å². The van der Waals surface area contributed by atoms with Crippen molar-refractivity contribution in [3.63, 3.8) is 0 Å². The normalized spacial score (nSPS) is 12.6. The second kappa shape index (κ2) is 3.72. The molecule has 66 valence electrons. The molecule has 1 aromatic rings. The predicted octanol–water partition coefficient (Wildman–Crippen LogP) is 1.49. The molecule has 12 heavy (non-hydrogen) atoms. The van der Waals surface area contributed by atoms with E-state index in [2.05, 4.69) is 0 Å². The van der Waals surface area contributed by atoms with Crippen LogP contribution in [0.1, 0.15) is 0 Å². The monoisotopic (exact) mass is 183 g/mol. The van der Waals surface area contributed by atoms with Gasteiger partial charge in [-0.15, -0.1) is 0 Å². The molecule has 1 unspecified atom stereocenters. The minimum Gasteiger partial charge on any atom is -0.378 e. The minimum absolute atomic E-state index is 0.869. The van der Waals surface area contributed by atoms with Gasteiger partial charge in [-0.2, -0.15) is 0 Å². The van der Waals surface area contributed by atoms with Gasteiger partial charge < -0.3 is 4.90 Å². The topological polar surface area (TPSA) is 20.3 Å². The highest BCUT2D eigenvalue weighted by atomic mass is 32.2. The SMILES string of the molecule is CN(C)c1ccc(S(C)=O)cc1. The molecule has 0 heterocycles. The van der Waals surface area contributed by atoms with Crippen molar-refractivity contribution in [1.29, 1.82) is 0 Å². The first kappa shape index (κ1) is 9.26. The Hall–Kier alpha value is -0.830. The lowest BCUT2D eigenvalue weighted by Gasteiger charge is -2.11. The van der Waals surface area contributed by atoms with Crippen molar-refractivity contribution in [3.8, 4) is 0 Å². The molecule has 0 radical (unpaired) electrons. The van der Waals surface area contributed by atoms with Crippen molar-refractivity contribution in [2.75, 3.05) is 25.3 Å². The fraction of sp³-hybridized carbons (Fsp3) is 0.333. The quantitative estimate of drug-likeness (QED) is 0.692. The van der Waals surface area contributed by atoms with Crippen LogP contribution in [0.2, 0.25) is 0 Å². The van der Waals surface area contributed by atoms with E-state index in [1.165, 1.54) is 0 Å². The molecule has 1 rings (SSSR count). The van der Waals surface area contributed by atoms with Gasteiger partial charge in [0.2, 0.25) is 0 Å². The molecule has 0 saturated carbocycles. The molecular weight excluding hydrogens is 170 g/mol. The van der Waals surface area contributed by atoms with Gasteiger partial charge >= 0.3 is 0 Å². The zero-order valence-electron chi connectivity index (χ0n) is 7.57. The average molecular weight is 183 g/mol. The Morgan fingerprint density at radius 2 is 1.67 bits per heavy atom. The molecule has 0 aromatic heterocycles. The van der Waals surface area contributed by atoms with Crippen LogP contribution in [0, 0.1) is 0 Å². The largest absolute Gasteiger partial charge is 0.378 e. The summed E-state index contributed by atoms with van der Waals surface area (Å²) < 4.78 is 11.0. The maximum absolute atomic E-state index is 11.0. The van der Waals surface area contributed by atoms with Gasteiger partial charge in [0.25, 0.3) is 0 Å². The summed E-state index contributed by atoms with van der Waals surface area (Å²) in [5.41, 5.74) is 1.13. The average Bonchev–Trinajstić information content (AvgIpc) is 2.04. The van der Waals surface area contributed by atoms with Gasteiger partial charge in [-0.25, -0.2) is 0 Å². The molecule has 0 spiro atoms. The third-order valence-electron chi connectivity index (χ3n) is 1.69. The Morgan fingerprint density at radius 3 is 2.00 bits per heavy atom. The molecule has 0 amide bonds. The molecule has 1 aromatic carbocycles. The maximum Gasteiger partial charge on any atom is 0.0498 e. The van der Waals surface area contributed by atoms with Gasteiger partial charge in [0.1, 0.15) is 0 Å². The standard InChI is InChI=1S/C9H13NOS/c1-10(2)8-4-6-9(7-5-8)12(3)11/h4-7H,1-3H3. The highest BCUT2D eigenvalue weighted by Gasteiger charge is 1.97. The van der Waals surface area contributed by atoms with Crippen molar-refractivity contribution in [1.82, 2.24) is 0 Å². The zero-order valence-corrected chi connectivity index (χ0v) is 8.39. The second-order valence-electron chi connectivity index (χ2n) is 2.84. The number of rotatable bonds is 2. The summed E-state index contributed by atoms with van der Waals surface area (Å²) in [5, 5.41) is 0. The lowest BCUT2D eigenvalue weighted by molar-refractivity contribution is 0.687. The van der Waals surface area contributed by atoms with E-state index < -0.39 is 10.8 Å². The molecular formula is C9H13NOS. The summed E-state index contributed by atoms with van der Waals surface area (Å²) in [6, 6.07) is 7.73. The Kier molecular flexibility index (Phi) is 2.87. The van der Waals surface area contributed by atoms with E-state index in [4.69, 9.17) is 0 Å². The molecule has 0 aliphatic carbocycles. The highest BCUT2D eigenvalue weighted by Crippen LogP contribution is 2.13.